The van der Waals surface area contributed by atoms with Crippen molar-refractivity contribution >= 4 is 30.6 Å². The van der Waals surface area contributed by atoms with Gasteiger partial charge in [0.25, 0.3) is 0 Å². The maximum atomic E-state index is 10.7. The molecule has 6 heteroatoms. The number of ether oxygens (including phenoxy) is 1. The second kappa shape index (κ2) is 7.99. The van der Waals surface area contributed by atoms with Gasteiger partial charge in [-0.15, -0.1) is 0 Å². The third kappa shape index (κ3) is 4.84. The minimum Gasteiger partial charge on any atom is -0.386 e. The van der Waals surface area contributed by atoms with Crippen molar-refractivity contribution in [1.82, 2.24) is 9.55 Å². The molecule has 0 atom stereocenters. The van der Waals surface area contributed by atoms with Crippen LogP contribution in [0.15, 0.2) is 42.6 Å². The quantitative estimate of drug-likeness (QED) is 0.296. The Labute approximate surface area is 173 Å². The first kappa shape index (κ1) is 21.1. The number of aliphatic hydroxyl groups is 1. The van der Waals surface area contributed by atoms with E-state index >= 15 is 0 Å². The molecule has 1 aromatic carbocycles. The van der Waals surface area contributed by atoms with Crippen molar-refractivity contribution in [2.45, 2.75) is 51.9 Å². The number of hydrogen-bond acceptors (Lipinski definition) is 3. The highest BCUT2D eigenvalue weighted by Crippen LogP contribution is 2.35. The first-order chi connectivity index (χ1) is 13.1. The van der Waals surface area contributed by atoms with E-state index in [0.29, 0.717) is 11.9 Å². The van der Waals surface area contributed by atoms with E-state index in [9.17, 15) is 5.11 Å². The molecule has 3 rings (SSSR count). The Morgan fingerprint density at radius 1 is 1.18 bits per heavy atom. The van der Waals surface area contributed by atoms with Gasteiger partial charge in [-0.05, 0) is 37.6 Å². The molecule has 0 saturated carbocycles. The highest BCUT2D eigenvalue weighted by molar-refractivity contribution is 6.76. The van der Waals surface area contributed by atoms with E-state index in [2.05, 4.69) is 35.3 Å². The normalized spacial score (nSPS) is 12.7. The summed E-state index contributed by atoms with van der Waals surface area (Å²) in [7, 11) is -1.15. The van der Waals surface area contributed by atoms with Gasteiger partial charge in [0, 0.05) is 31.8 Å². The van der Waals surface area contributed by atoms with Gasteiger partial charge in [0.2, 0.25) is 0 Å². The summed E-state index contributed by atoms with van der Waals surface area (Å²) in [5, 5.41) is 12.1. The van der Waals surface area contributed by atoms with E-state index in [1.165, 1.54) is 0 Å². The molecule has 0 radical (unpaired) electrons. The lowest BCUT2D eigenvalue weighted by atomic mass is 9.91. The average molecular weight is 417 g/mol. The van der Waals surface area contributed by atoms with Crippen LogP contribution in [-0.4, -0.2) is 29.3 Å². The molecule has 0 spiro atoms. The number of hydrogen-bond donors (Lipinski definition) is 1. The molecule has 0 fully saturated rings. The summed E-state index contributed by atoms with van der Waals surface area (Å²) in [6.45, 7) is 11.8. The molecule has 28 heavy (non-hydrogen) atoms. The van der Waals surface area contributed by atoms with Crippen molar-refractivity contribution in [2.75, 3.05) is 6.61 Å². The standard InChI is InChI=1S/C22H29ClN2O2Si/c1-22(2,26)18-9-7-6-8-17(18)20-12-16-14-24-21(23)13-19(16)25(20)15-27-10-11-28(3,4)5/h6-9,12-14,26H,10-11,15H2,1-5H3. The van der Waals surface area contributed by atoms with Crippen LogP contribution < -0.4 is 0 Å². The third-order valence-electron chi connectivity index (χ3n) is 4.83. The summed E-state index contributed by atoms with van der Waals surface area (Å²) >= 11 is 6.17. The molecule has 2 heterocycles. The Bertz CT molecular complexity index is 971. The van der Waals surface area contributed by atoms with Crippen molar-refractivity contribution in [1.29, 1.82) is 0 Å². The summed E-state index contributed by atoms with van der Waals surface area (Å²) in [6, 6.07) is 13.0. The third-order valence-corrected chi connectivity index (χ3v) is 6.74. The van der Waals surface area contributed by atoms with Crippen LogP contribution >= 0.6 is 11.6 Å². The molecule has 150 valence electrons. The fourth-order valence-corrected chi connectivity index (χ4v) is 4.18. The highest BCUT2D eigenvalue weighted by Gasteiger charge is 2.23. The molecular formula is C22H29ClN2O2Si. The Kier molecular flexibility index (Phi) is 6.01. The van der Waals surface area contributed by atoms with Gasteiger partial charge in [0.1, 0.15) is 11.9 Å². The smallest absolute Gasteiger partial charge is 0.131 e. The van der Waals surface area contributed by atoms with E-state index in [-0.39, 0.29) is 0 Å². The Morgan fingerprint density at radius 2 is 1.89 bits per heavy atom. The SMILES string of the molecule is CC(C)(O)c1ccccc1-c1cc2cnc(Cl)cc2n1COCC[Si](C)(C)C. The number of rotatable bonds is 7. The molecular weight excluding hydrogens is 388 g/mol. The van der Waals surface area contributed by atoms with Crippen molar-refractivity contribution in [3.05, 3.63) is 53.3 Å². The lowest BCUT2D eigenvalue weighted by Gasteiger charge is -2.23. The van der Waals surface area contributed by atoms with E-state index in [1.807, 2.05) is 44.2 Å². The zero-order valence-electron chi connectivity index (χ0n) is 17.3. The number of aromatic nitrogens is 2. The lowest BCUT2D eigenvalue weighted by molar-refractivity contribution is 0.0786. The minimum absolute atomic E-state index is 0.434. The van der Waals surface area contributed by atoms with Gasteiger partial charge < -0.3 is 14.4 Å². The van der Waals surface area contributed by atoms with Crippen LogP contribution in [0.25, 0.3) is 22.2 Å². The summed E-state index contributed by atoms with van der Waals surface area (Å²) in [5.41, 5.74) is 2.88. The Hall–Kier alpha value is -1.66. The van der Waals surface area contributed by atoms with E-state index in [1.54, 1.807) is 6.20 Å². The Morgan fingerprint density at radius 3 is 2.57 bits per heavy atom. The molecule has 0 aliphatic rings. The maximum absolute atomic E-state index is 10.7. The van der Waals surface area contributed by atoms with E-state index in [4.69, 9.17) is 16.3 Å². The number of pyridine rings is 1. The van der Waals surface area contributed by atoms with Crippen molar-refractivity contribution in [3.63, 3.8) is 0 Å². The summed E-state index contributed by atoms with van der Waals surface area (Å²) in [6.07, 6.45) is 1.78. The summed E-state index contributed by atoms with van der Waals surface area (Å²) in [4.78, 5) is 4.22. The Balaban J connectivity index is 2.06. The van der Waals surface area contributed by atoms with Crippen molar-refractivity contribution in [2.24, 2.45) is 0 Å². The van der Waals surface area contributed by atoms with Gasteiger partial charge in [-0.3, -0.25) is 0 Å². The maximum Gasteiger partial charge on any atom is 0.131 e. The zero-order chi connectivity index (χ0) is 20.5. The fraction of sp³-hybridized carbons (Fsp3) is 0.409. The number of halogens is 1. The molecule has 0 bridgehead atoms. The summed E-state index contributed by atoms with van der Waals surface area (Å²) < 4.78 is 8.18. The van der Waals surface area contributed by atoms with E-state index in [0.717, 1.165) is 40.4 Å². The topological polar surface area (TPSA) is 47.3 Å². The molecule has 4 nitrogen and oxygen atoms in total. The average Bonchev–Trinajstić information content (AvgIpc) is 2.95. The van der Waals surface area contributed by atoms with Crippen molar-refractivity contribution < 1.29 is 9.84 Å². The summed E-state index contributed by atoms with van der Waals surface area (Å²) in [5.74, 6) is 0. The second-order valence-electron chi connectivity index (χ2n) is 8.98. The molecule has 2 aromatic heterocycles. The van der Waals surface area contributed by atoms with Gasteiger partial charge in [-0.1, -0.05) is 55.5 Å². The predicted molar refractivity (Wildman–Crippen MR) is 120 cm³/mol. The van der Waals surface area contributed by atoms with Gasteiger partial charge in [-0.25, -0.2) is 4.98 Å². The van der Waals surface area contributed by atoms with Crippen LogP contribution in [0.1, 0.15) is 19.4 Å². The van der Waals surface area contributed by atoms with Crippen molar-refractivity contribution in [3.8, 4) is 11.3 Å². The lowest BCUT2D eigenvalue weighted by Crippen LogP contribution is -2.22. The molecule has 0 saturated heterocycles. The number of benzene rings is 1. The van der Waals surface area contributed by atoms with Gasteiger partial charge in [-0.2, -0.15) is 0 Å². The largest absolute Gasteiger partial charge is 0.386 e. The highest BCUT2D eigenvalue weighted by atomic mass is 35.5. The first-order valence-electron chi connectivity index (χ1n) is 9.61. The molecule has 3 aromatic rings. The van der Waals surface area contributed by atoms with Crippen LogP contribution in [0.3, 0.4) is 0 Å². The first-order valence-corrected chi connectivity index (χ1v) is 13.7. The molecule has 1 N–H and O–H groups in total. The minimum atomic E-state index is -1.15. The van der Waals surface area contributed by atoms with Gasteiger partial charge in [0.15, 0.2) is 0 Å². The number of nitrogens with zero attached hydrogens (tertiary/aromatic N) is 2. The van der Waals surface area contributed by atoms with Crippen LogP contribution in [0.2, 0.25) is 30.8 Å². The van der Waals surface area contributed by atoms with E-state index < -0.39 is 13.7 Å². The monoisotopic (exact) mass is 416 g/mol. The van der Waals surface area contributed by atoms with Crippen LogP contribution in [-0.2, 0) is 17.1 Å². The molecule has 0 amide bonds. The second-order valence-corrected chi connectivity index (χ2v) is 15.0. The van der Waals surface area contributed by atoms with Crippen LogP contribution in [0, 0.1) is 0 Å². The van der Waals surface area contributed by atoms with Crippen LogP contribution in [0.4, 0.5) is 0 Å². The molecule has 0 aliphatic carbocycles. The predicted octanol–water partition coefficient (Wildman–Crippen LogP) is 5.90. The zero-order valence-corrected chi connectivity index (χ0v) is 19.0. The molecule has 0 aliphatic heterocycles. The number of fused-ring (bicyclic) bond motifs is 1. The molecule has 0 unspecified atom stereocenters. The van der Waals surface area contributed by atoms with Gasteiger partial charge >= 0.3 is 0 Å². The van der Waals surface area contributed by atoms with Crippen LogP contribution in [0.5, 0.6) is 0 Å². The fourth-order valence-electron chi connectivity index (χ4n) is 3.27. The van der Waals surface area contributed by atoms with Gasteiger partial charge in [0.05, 0.1) is 16.8 Å².